The minimum absolute atomic E-state index is 0.0271. The summed E-state index contributed by atoms with van der Waals surface area (Å²) in [7, 11) is 0. The summed E-state index contributed by atoms with van der Waals surface area (Å²) in [6.07, 6.45) is 4.08. The van der Waals surface area contributed by atoms with Crippen LogP contribution in [0.4, 0.5) is 11.5 Å². The Balaban J connectivity index is 2.28. The normalized spacial score (nSPS) is 18.9. The standard InChI is InChI=1S/C13H18N4O3/c1-2-9-4-3-5-16(8-9)13(18)10-6-12(14)15-7-11(10)17(19)20/h6-7,9H,2-5,8H2,1H3,(H2,14,15). The van der Waals surface area contributed by atoms with Crippen LogP contribution in [0.1, 0.15) is 36.5 Å². The minimum atomic E-state index is -0.596. The second-order valence-electron chi connectivity index (χ2n) is 5.05. The Morgan fingerprint density at radius 1 is 1.65 bits per heavy atom. The Hall–Kier alpha value is -2.18. The highest BCUT2D eigenvalue weighted by molar-refractivity contribution is 5.98. The zero-order chi connectivity index (χ0) is 14.7. The predicted molar refractivity (Wildman–Crippen MR) is 74.2 cm³/mol. The van der Waals surface area contributed by atoms with Crippen LogP contribution >= 0.6 is 0 Å². The lowest BCUT2D eigenvalue weighted by molar-refractivity contribution is -0.385. The van der Waals surface area contributed by atoms with Gasteiger partial charge in [-0.3, -0.25) is 14.9 Å². The summed E-state index contributed by atoms with van der Waals surface area (Å²) in [6, 6.07) is 1.29. The van der Waals surface area contributed by atoms with Crippen LogP contribution in [0.2, 0.25) is 0 Å². The summed E-state index contributed by atoms with van der Waals surface area (Å²) in [6.45, 7) is 3.37. The number of nitrogens with two attached hydrogens (primary N) is 1. The average Bonchev–Trinajstić information content (AvgIpc) is 2.46. The molecule has 1 aromatic rings. The van der Waals surface area contributed by atoms with Crippen molar-refractivity contribution in [1.82, 2.24) is 9.88 Å². The molecule has 0 radical (unpaired) electrons. The molecular formula is C13H18N4O3. The number of nitrogens with zero attached hydrogens (tertiary/aromatic N) is 3. The summed E-state index contributed by atoms with van der Waals surface area (Å²) in [5.41, 5.74) is 5.28. The number of piperidine rings is 1. The van der Waals surface area contributed by atoms with Crippen molar-refractivity contribution in [3.8, 4) is 0 Å². The molecule has 108 valence electrons. The average molecular weight is 278 g/mol. The van der Waals surface area contributed by atoms with Gasteiger partial charge < -0.3 is 10.6 Å². The summed E-state index contributed by atoms with van der Waals surface area (Å²) in [4.78, 5) is 28.2. The van der Waals surface area contributed by atoms with Crippen LogP contribution in [0, 0.1) is 16.0 Å². The van der Waals surface area contributed by atoms with Crippen LogP contribution in [0.5, 0.6) is 0 Å². The highest BCUT2D eigenvalue weighted by Gasteiger charge is 2.28. The molecule has 2 rings (SSSR count). The maximum Gasteiger partial charge on any atom is 0.300 e. The van der Waals surface area contributed by atoms with Crippen molar-refractivity contribution < 1.29 is 9.72 Å². The number of aromatic nitrogens is 1. The zero-order valence-electron chi connectivity index (χ0n) is 11.4. The van der Waals surface area contributed by atoms with E-state index in [1.807, 2.05) is 0 Å². The Morgan fingerprint density at radius 3 is 3.05 bits per heavy atom. The van der Waals surface area contributed by atoms with Gasteiger partial charge >= 0.3 is 0 Å². The van der Waals surface area contributed by atoms with Crippen molar-refractivity contribution >= 4 is 17.4 Å². The largest absolute Gasteiger partial charge is 0.384 e. The SMILES string of the molecule is CCC1CCCN(C(=O)c2cc(N)ncc2[N+](=O)[O-])C1. The number of carbonyl (C=O) groups excluding carboxylic acids is 1. The number of nitrogen functional groups attached to an aromatic ring is 1. The number of anilines is 1. The third-order valence-corrected chi connectivity index (χ3v) is 3.71. The fraction of sp³-hybridized carbons (Fsp3) is 0.538. The van der Waals surface area contributed by atoms with E-state index in [9.17, 15) is 14.9 Å². The molecule has 1 fully saturated rings. The first kappa shape index (κ1) is 14.2. The van der Waals surface area contributed by atoms with Gasteiger partial charge in [0.15, 0.2) is 0 Å². The van der Waals surface area contributed by atoms with Gasteiger partial charge in [0, 0.05) is 13.1 Å². The topological polar surface area (TPSA) is 102 Å². The number of likely N-dealkylation sites (tertiary alicyclic amines) is 1. The molecule has 0 aliphatic carbocycles. The molecule has 1 aliphatic rings. The molecule has 1 aromatic heterocycles. The lowest BCUT2D eigenvalue weighted by atomic mass is 9.95. The monoisotopic (exact) mass is 278 g/mol. The number of hydrogen-bond acceptors (Lipinski definition) is 5. The van der Waals surface area contributed by atoms with Gasteiger partial charge in [-0.15, -0.1) is 0 Å². The number of nitro groups is 1. The fourth-order valence-electron chi connectivity index (χ4n) is 2.53. The Morgan fingerprint density at radius 2 is 2.40 bits per heavy atom. The molecule has 1 unspecified atom stereocenters. The summed E-state index contributed by atoms with van der Waals surface area (Å²) in [5.74, 6) is 0.248. The summed E-state index contributed by atoms with van der Waals surface area (Å²) in [5, 5.41) is 11.0. The van der Waals surface area contributed by atoms with Gasteiger partial charge in [-0.1, -0.05) is 13.3 Å². The molecule has 0 bridgehead atoms. The predicted octanol–water partition coefficient (Wildman–Crippen LogP) is 1.83. The maximum atomic E-state index is 12.5. The molecule has 2 N–H and O–H groups in total. The minimum Gasteiger partial charge on any atom is -0.384 e. The Labute approximate surface area is 116 Å². The van der Waals surface area contributed by atoms with E-state index in [2.05, 4.69) is 11.9 Å². The second-order valence-corrected chi connectivity index (χ2v) is 5.05. The first-order valence-corrected chi connectivity index (χ1v) is 6.72. The Bertz CT molecular complexity index is 532. The van der Waals surface area contributed by atoms with Gasteiger partial charge in [-0.05, 0) is 24.8 Å². The quantitative estimate of drug-likeness (QED) is 0.671. The van der Waals surface area contributed by atoms with E-state index in [1.54, 1.807) is 4.90 Å². The smallest absolute Gasteiger partial charge is 0.300 e. The summed E-state index contributed by atoms with van der Waals surface area (Å²) >= 11 is 0. The van der Waals surface area contributed by atoms with Gasteiger partial charge in [0.05, 0.1) is 4.92 Å². The van der Waals surface area contributed by atoms with E-state index in [0.717, 1.165) is 25.5 Å². The molecular weight excluding hydrogens is 260 g/mol. The van der Waals surface area contributed by atoms with Crippen molar-refractivity contribution in [1.29, 1.82) is 0 Å². The van der Waals surface area contributed by atoms with Gasteiger partial charge in [-0.25, -0.2) is 4.98 Å². The zero-order valence-corrected chi connectivity index (χ0v) is 11.4. The van der Waals surface area contributed by atoms with E-state index in [0.29, 0.717) is 19.0 Å². The lowest BCUT2D eigenvalue weighted by Gasteiger charge is -2.32. The van der Waals surface area contributed by atoms with Crippen LogP contribution in [0.25, 0.3) is 0 Å². The first-order valence-electron chi connectivity index (χ1n) is 6.72. The van der Waals surface area contributed by atoms with Crippen LogP contribution < -0.4 is 5.73 Å². The molecule has 1 aliphatic heterocycles. The highest BCUT2D eigenvalue weighted by Crippen LogP contribution is 2.25. The van der Waals surface area contributed by atoms with Crippen LogP contribution in [-0.4, -0.2) is 33.8 Å². The van der Waals surface area contributed by atoms with Crippen molar-refractivity contribution in [2.75, 3.05) is 18.8 Å². The van der Waals surface area contributed by atoms with E-state index < -0.39 is 4.92 Å². The maximum absolute atomic E-state index is 12.5. The van der Waals surface area contributed by atoms with Crippen molar-refractivity contribution in [3.05, 3.63) is 27.9 Å². The van der Waals surface area contributed by atoms with Crippen LogP contribution in [0.3, 0.4) is 0 Å². The molecule has 7 nitrogen and oxygen atoms in total. The van der Waals surface area contributed by atoms with E-state index >= 15 is 0 Å². The molecule has 1 saturated heterocycles. The number of rotatable bonds is 3. The molecule has 7 heteroatoms. The molecule has 0 saturated carbocycles. The third-order valence-electron chi connectivity index (χ3n) is 3.71. The van der Waals surface area contributed by atoms with Gasteiger partial charge in [-0.2, -0.15) is 0 Å². The third kappa shape index (κ3) is 2.87. The molecule has 1 atom stereocenters. The number of hydrogen-bond donors (Lipinski definition) is 1. The van der Waals surface area contributed by atoms with Crippen molar-refractivity contribution in [3.63, 3.8) is 0 Å². The number of amides is 1. The van der Waals surface area contributed by atoms with E-state index in [1.165, 1.54) is 6.07 Å². The highest BCUT2D eigenvalue weighted by atomic mass is 16.6. The van der Waals surface area contributed by atoms with E-state index in [4.69, 9.17) is 5.73 Å². The molecule has 0 spiro atoms. The second kappa shape index (κ2) is 5.85. The lowest BCUT2D eigenvalue weighted by Crippen LogP contribution is -2.40. The Kier molecular flexibility index (Phi) is 4.16. The molecule has 1 amide bonds. The van der Waals surface area contributed by atoms with Crippen LogP contribution in [-0.2, 0) is 0 Å². The molecule has 20 heavy (non-hydrogen) atoms. The fourth-order valence-corrected chi connectivity index (χ4v) is 2.53. The first-order chi connectivity index (χ1) is 9.52. The molecule has 2 heterocycles. The summed E-state index contributed by atoms with van der Waals surface area (Å²) < 4.78 is 0. The van der Waals surface area contributed by atoms with Crippen molar-refractivity contribution in [2.45, 2.75) is 26.2 Å². The molecule has 0 aromatic carbocycles. The number of carbonyl (C=O) groups is 1. The van der Waals surface area contributed by atoms with Gasteiger partial charge in [0.2, 0.25) is 0 Å². The van der Waals surface area contributed by atoms with E-state index in [-0.39, 0.29) is 23.0 Å². The van der Waals surface area contributed by atoms with Gasteiger partial charge in [0.1, 0.15) is 17.6 Å². The van der Waals surface area contributed by atoms with Crippen molar-refractivity contribution in [2.24, 2.45) is 5.92 Å². The van der Waals surface area contributed by atoms with Gasteiger partial charge in [0.25, 0.3) is 11.6 Å². The number of pyridine rings is 1. The van der Waals surface area contributed by atoms with Crippen LogP contribution in [0.15, 0.2) is 12.3 Å².